The molecule has 0 saturated carbocycles. The van der Waals surface area contributed by atoms with Crippen LogP contribution < -0.4 is 0 Å². The maximum atomic E-state index is 12.5. The van der Waals surface area contributed by atoms with E-state index in [2.05, 4.69) is 0 Å². The lowest BCUT2D eigenvalue weighted by Crippen LogP contribution is -2.33. The molecule has 0 aliphatic heterocycles. The molecule has 1 aromatic rings. The number of ether oxygens (including phenoxy) is 2. The molecule has 0 radical (unpaired) electrons. The lowest BCUT2D eigenvalue weighted by Gasteiger charge is -2.33. The van der Waals surface area contributed by atoms with Gasteiger partial charge in [-0.05, 0) is 26.3 Å². The van der Waals surface area contributed by atoms with E-state index in [-0.39, 0.29) is 6.16 Å². The van der Waals surface area contributed by atoms with Crippen molar-refractivity contribution in [1.29, 1.82) is 0 Å². The Morgan fingerprint density at radius 3 is 2.11 bits per heavy atom. The SMILES string of the molecule is CCOC(C)(OCC)P(=O)(O)Cc1ccccc1. The number of hydrogen-bond acceptors (Lipinski definition) is 3. The molecule has 0 saturated heterocycles. The van der Waals surface area contributed by atoms with Crippen LogP contribution in [0.25, 0.3) is 0 Å². The first-order chi connectivity index (χ1) is 8.45. The molecule has 5 heteroatoms. The zero-order valence-corrected chi connectivity index (χ0v) is 12.0. The molecule has 0 amide bonds. The molecular weight excluding hydrogens is 251 g/mol. The van der Waals surface area contributed by atoms with Gasteiger partial charge < -0.3 is 14.4 Å². The molecule has 102 valence electrons. The van der Waals surface area contributed by atoms with Gasteiger partial charge in [0.2, 0.25) is 5.53 Å². The molecule has 0 fully saturated rings. The predicted octanol–water partition coefficient (Wildman–Crippen LogP) is 3.20. The van der Waals surface area contributed by atoms with Crippen molar-refractivity contribution < 1.29 is 18.9 Å². The Balaban J connectivity index is 2.92. The predicted molar refractivity (Wildman–Crippen MR) is 71.6 cm³/mol. The van der Waals surface area contributed by atoms with Crippen molar-refractivity contribution in [2.24, 2.45) is 0 Å². The highest BCUT2D eigenvalue weighted by molar-refractivity contribution is 7.58. The van der Waals surface area contributed by atoms with E-state index in [1.807, 2.05) is 30.3 Å². The molecule has 1 aromatic carbocycles. The average Bonchev–Trinajstić information content (AvgIpc) is 2.30. The van der Waals surface area contributed by atoms with Gasteiger partial charge in [0.1, 0.15) is 0 Å². The molecule has 0 bridgehead atoms. The van der Waals surface area contributed by atoms with Crippen LogP contribution in [0.2, 0.25) is 0 Å². The highest BCUT2D eigenvalue weighted by atomic mass is 31.2. The van der Waals surface area contributed by atoms with Crippen LogP contribution in [0.1, 0.15) is 26.3 Å². The molecule has 0 aromatic heterocycles. The molecule has 0 aliphatic rings. The molecule has 0 heterocycles. The van der Waals surface area contributed by atoms with E-state index in [1.165, 1.54) is 6.92 Å². The van der Waals surface area contributed by atoms with E-state index < -0.39 is 12.9 Å². The fraction of sp³-hybridized carbons (Fsp3) is 0.538. The van der Waals surface area contributed by atoms with Crippen LogP contribution in [-0.2, 0) is 20.2 Å². The Hall–Kier alpha value is -0.670. The molecule has 1 unspecified atom stereocenters. The summed E-state index contributed by atoms with van der Waals surface area (Å²) >= 11 is 0. The summed E-state index contributed by atoms with van der Waals surface area (Å²) in [4.78, 5) is 10.3. The minimum absolute atomic E-state index is 0.0460. The minimum atomic E-state index is -3.61. The number of hydrogen-bond donors (Lipinski definition) is 1. The number of rotatable bonds is 7. The molecule has 1 atom stereocenters. The summed E-state index contributed by atoms with van der Waals surface area (Å²) in [5, 5.41) is 0. The first kappa shape index (κ1) is 15.4. The van der Waals surface area contributed by atoms with Crippen molar-refractivity contribution in [3.63, 3.8) is 0 Å². The lowest BCUT2D eigenvalue weighted by atomic mass is 10.2. The van der Waals surface area contributed by atoms with Crippen molar-refractivity contribution in [2.45, 2.75) is 32.5 Å². The Kier molecular flexibility index (Phi) is 5.54. The third kappa shape index (κ3) is 3.66. The second-order valence-corrected chi connectivity index (χ2v) is 6.64. The van der Waals surface area contributed by atoms with Gasteiger partial charge in [0.25, 0.3) is 7.37 Å². The Morgan fingerprint density at radius 2 is 1.67 bits per heavy atom. The van der Waals surface area contributed by atoms with Crippen LogP contribution in [0.3, 0.4) is 0 Å². The Morgan fingerprint density at radius 1 is 1.17 bits per heavy atom. The van der Waals surface area contributed by atoms with Crippen molar-refractivity contribution in [3.05, 3.63) is 35.9 Å². The van der Waals surface area contributed by atoms with E-state index in [4.69, 9.17) is 9.47 Å². The largest absolute Gasteiger partial charge is 0.342 e. The second kappa shape index (κ2) is 6.48. The molecule has 0 aliphatic carbocycles. The molecule has 18 heavy (non-hydrogen) atoms. The summed E-state index contributed by atoms with van der Waals surface area (Å²) < 4.78 is 23.2. The second-order valence-electron chi connectivity index (χ2n) is 4.11. The van der Waals surface area contributed by atoms with E-state index in [1.54, 1.807) is 13.8 Å². The van der Waals surface area contributed by atoms with Crippen molar-refractivity contribution in [1.82, 2.24) is 0 Å². The normalized spacial score (nSPS) is 15.3. The fourth-order valence-corrected chi connectivity index (χ4v) is 3.41. The van der Waals surface area contributed by atoms with Crippen molar-refractivity contribution in [2.75, 3.05) is 13.2 Å². The van der Waals surface area contributed by atoms with Gasteiger partial charge in [-0.25, -0.2) is 0 Å². The smallest absolute Gasteiger partial charge is 0.262 e. The first-order valence-electron chi connectivity index (χ1n) is 6.09. The summed E-state index contributed by atoms with van der Waals surface area (Å²) in [7, 11) is -3.61. The summed E-state index contributed by atoms with van der Waals surface area (Å²) in [6, 6.07) is 9.19. The van der Waals surface area contributed by atoms with Gasteiger partial charge in [-0.15, -0.1) is 0 Å². The molecule has 1 rings (SSSR count). The number of benzene rings is 1. The molecule has 1 N–H and O–H groups in total. The standard InChI is InChI=1S/C13H21O4P/c1-4-16-13(3,17-5-2)18(14,15)11-12-9-7-6-8-10-12/h6-10H,4-5,11H2,1-3H3,(H,14,15). The van der Waals surface area contributed by atoms with Crippen LogP contribution in [0, 0.1) is 0 Å². The van der Waals surface area contributed by atoms with Gasteiger partial charge in [0.15, 0.2) is 0 Å². The van der Waals surface area contributed by atoms with Gasteiger partial charge >= 0.3 is 0 Å². The van der Waals surface area contributed by atoms with Crippen LogP contribution in [0.4, 0.5) is 0 Å². The quantitative estimate of drug-likeness (QED) is 0.611. The minimum Gasteiger partial charge on any atom is -0.342 e. The monoisotopic (exact) mass is 272 g/mol. The summed E-state index contributed by atoms with van der Waals surface area (Å²) in [6.07, 6.45) is 0.0460. The van der Waals surface area contributed by atoms with Crippen LogP contribution in [0.15, 0.2) is 30.3 Å². The molecule has 4 nitrogen and oxygen atoms in total. The molecular formula is C13H21O4P. The lowest BCUT2D eigenvalue weighted by molar-refractivity contribution is -0.166. The topological polar surface area (TPSA) is 55.8 Å². The van der Waals surface area contributed by atoms with Gasteiger partial charge in [-0.2, -0.15) is 0 Å². The van der Waals surface area contributed by atoms with Crippen LogP contribution in [0.5, 0.6) is 0 Å². The third-order valence-corrected chi connectivity index (χ3v) is 5.02. The summed E-state index contributed by atoms with van der Waals surface area (Å²) in [6.45, 7) is 5.75. The third-order valence-electron chi connectivity index (χ3n) is 2.70. The van der Waals surface area contributed by atoms with Gasteiger partial charge in [0.05, 0.1) is 6.16 Å². The van der Waals surface area contributed by atoms with Gasteiger partial charge in [0, 0.05) is 13.2 Å². The zero-order valence-electron chi connectivity index (χ0n) is 11.1. The highest BCUT2D eigenvalue weighted by Crippen LogP contribution is 2.57. The Labute approximate surface area is 108 Å². The molecule has 0 spiro atoms. The fourth-order valence-electron chi connectivity index (χ4n) is 1.75. The van der Waals surface area contributed by atoms with E-state index in [9.17, 15) is 9.46 Å². The van der Waals surface area contributed by atoms with E-state index >= 15 is 0 Å². The summed E-state index contributed by atoms with van der Waals surface area (Å²) in [5.41, 5.74) is -0.638. The Bertz CT molecular complexity index is 399. The van der Waals surface area contributed by atoms with Crippen molar-refractivity contribution >= 4 is 7.37 Å². The first-order valence-corrected chi connectivity index (χ1v) is 7.93. The van der Waals surface area contributed by atoms with Crippen LogP contribution >= 0.6 is 7.37 Å². The highest BCUT2D eigenvalue weighted by Gasteiger charge is 2.45. The van der Waals surface area contributed by atoms with Gasteiger partial charge in [-0.3, -0.25) is 4.57 Å². The summed E-state index contributed by atoms with van der Waals surface area (Å²) in [5.74, 6) is 0. The maximum absolute atomic E-state index is 12.5. The maximum Gasteiger partial charge on any atom is 0.262 e. The zero-order chi connectivity index (χ0) is 13.6. The van der Waals surface area contributed by atoms with Gasteiger partial charge in [-0.1, -0.05) is 30.3 Å². The van der Waals surface area contributed by atoms with E-state index in [0.717, 1.165) is 5.56 Å². The van der Waals surface area contributed by atoms with Crippen LogP contribution in [-0.4, -0.2) is 23.6 Å². The average molecular weight is 272 g/mol. The van der Waals surface area contributed by atoms with Crippen molar-refractivity contribution in [3.8, 4) is 0 Å². The van der Waals surface area contributed by atoms with E-state index in [0.29, 0.717) is 13.2 Å².